The quantitative estimate of drug-likeness (QED) is 0.137. The number of phenols is 2. The zero-order valence-electron chi connectivity index (χ0n) is 31.4. The molecule has 3 heteroatoms. The summed E-state index contributed by atoms with van der Waals surface area (Å²) < 4.78 is 2.40. The summed E-state index contributed by atoms with van der Waals surface area (Å²) >= 11 is 2.14. The van der Waals surface area contributed by atoms with Crippen molar-refractivity contribution in [2.45, 2.75) is 112 Å². The van der Waals surface area contributed by atoms with Crippen molar-refractivity contribution in [3.63, 3.8) is 0 Å². The van der Waals surface area contributed by atoms with Crippen LogP contribution in [-0.4, -0.2) is 14.6 Å². The Labute approximate surface area is 308 Å². The van der Waals surface area contributed by atoms with Gasteiger partial charge in [0.25, 0.3) is 0 Å². The minimum absolute atomic E-state index is 0.0985. The summed E-state index contributed by atoms with van der Waals surface area (Å²) in [6.07, 6.45) is 17.6. The van der Waals surface area contributed by atoms with E-state index in [0.717, 1.165) is 50.8 Å². The van der Waals surface area contributed by atoms with Gasteiger partial charge in [-0.15, -0.1) is 5.56 Å². The Kier molecular flexibility index (Phi) is 11.3. The van der Waals surface area contributed by atoms with Gasteiger partial charge in [-0.1, -0.05) is 128 Å². The summed E-state index contributed by atoms with van der Waals surface area (Å²) in [7, 11) is 0. The van der Waals surface area contributed by atoms with E-state index in [9.17, 15) is 10.2 Å². The summed E-state index contributed by atoms with van der Waals surface area (Å²) in [5.74, 6) is 3.36. The van der Waals surface area contributed by atoms with Crippen LogP contribution < -0.4 is 0 Å². The van der Waals surface area contributed by atoms with E-state index >= 15 is 0 Å². The first-order valence-electron chi connectivity index (χ1n) is 18.5. The van der Waals surface area contributed by atoms with Crippen LogP contribution in [0.1, 0.15) is 118 Å². The molecule has 0 bridgehead atoms. The molecule has 0 aromatic heterocycles. The summed E-state index contributed by atoms with van der Waals surface area (Å²) in [6.45, 7) is 19.8. The van der Waals surface area contributed by atoms with E-state index in [4.69, 9.17) is 0 Å². The van der Waals surface area contributed by atoms with Crippen LogP contribution in [0.5, 0.6) is 11.5 Å². The topological polar surface area (TPSA) is 40.5 Å². The third-order valence-electron chi connectivity index (χ3n) is 10.8. The Morgan fingerprint density at radius 3 is 1.45 bits per heavy atom. The smallest absolute Gasteiger partial charge is 0.508 e. The Balaban J connectivity index is 1.59. The van der Waals surface area contributed by atoms with Crippen molar-refractivity contribution >= 4 is 4.40 Å². The first kappa shape index (κ1) is 37.4. The molecule has 3 aromatic carbocycles. The first-order valence-corrected chi connectivity index (χ1v) is 19.6. The number of phenolic OH excluding ortho intramolecular Hbond substituents is 2. The predicted octanol–water partition coefficient (Wildman–Crippen LogP) is 12.3. The fraction of sp³-hybridized carbons (Fsp3) is 0.478. The van der Waals surface area contributed by atoms with Gasteiger partial charge in [-0.2, -0.15) is 0 Å². The minimum Gasteiger partial charge on any atom is -0.508 e. The molecule has 0 saturated heterocycles. The second-order valence-electron chi connectivity index (χ2n) is 17.9. The Morgan fingerprint density at radius 2 is 1.02 bits per heavy atom. The van der Waals surface area contributed by atoms with E-state index in [1.165, 1.54) is 44.1 Å². The van der Waals surface area contributed by atoms with Crippen LogP contribution in [0, 0.1) is 35.5 Å². The van der Waals surface area contributed by atoms with Gasteiger partial charge in [0.05, 0.1) is 0 Å². The third-order valence-corrected chi connectivity index (χ3v) is 11.8. The zero-order chi connectivity index (χ0) is 35.7. The molecule has 2 saturated carbocycles. The molecule has 262 valence electrons. The van der Waals surface area contributed by atoms with Crippen LogP contribution in [0.15, 0.2) is 78.4 Å². The Morgan fingerprint density at radius 1 is 0.612 bits per heavy atom. The zero-order valence-corrected chi connectivity index (χ0v) is 33.4. The SMILES string of the molecule is CC(C)(C)/C(=C\C1CCC(/C=C\C2CCC([CH]=[Mo])C2)C1)[CH-]c1c(-c2cccc(C(C)(C)C)c2O)cccc1-c1cccc(C(C)(C)C)c1O. The number of aromatic hydroxyl groups is 2. The van der Waals surface area contributed by atoms with Crippen LogP contribution in [0.4, 0.5) is 0 Å². The summed E-state index contributed by atoms with van der Waals surface area (Å²) in [5.41, 5.74) is 7.26. The van der Waals surface area contributed by atoms with Gasteiger partial charge in [-0.25, -0.2) is 0 Å². The molecule has 0 amide bonds. The number of hydrogen-bond acceptors (Lipinski definition) is 2. The molecule has 0 spiro atoms. The number of rotatable bonds is 8. The van der Waals surface area contributed by atoms with Gasteiger partial charge < -0.3 is 10.2 Å². The number of allylic oxidation sites excluding steroid dienone is 4. The molecular formula is C46H59MoO2-. The van der Waals surface area contributed by atoms with E-state index < -0.39 is 0 Å². The van der Waals surface area contributed by atoms with Crippen LogP contribution in [-0.2, 0) is 30.2 Å². The number of benzene rings is 3. The Bertz CT molecular complexity index is 1620. The average molecular weight is 740 g/mol. The average Bonchev–Trinajstić information content (AvgIpc) is 3.68. The number of hydrogen-bond donors (Lipinski definition) is 2. The molecule has 4 atom stereocenters. The molecule has 0 radical (unpaired) electrons. The van der Waals surface area contributed by atoms with Crippen LogP contribution in [0.2, 0.25) is 0 Å². The standard InChI is InChI=1S/C46H59O2.Mo/c1-30-20-21-31(26-30)22-23-32-24-25-33(27-32)28-34(44(2,3)4)29-39-35(37-16-12-18-40(42(37)47)45(5,6)7)14-11-15-36(39)38-17-13-19-41(43(38)48)46(8,9)10;/h1,11-19,22-23,28-33,47-48H,20-21,24-27H2,2-10H3;/q-1;/b23-22-,34-28-;. The normalized spacial score (nSPS) is 22.2. The second-order valence-corrected chi connectivity index (χ2v) is 18.5. The van der Waals surface area contributed by atoms with Crippen molar-refractivity contribution in [1.82, 2.24) is 0 Å². The molecule has 4 unspecified atom stereocenters. The van der Waals surface area contributed by atoms with Gasteiger partial charge in [0, 0.05) is 0 Å². The van der Waals surface area contributed by atoms with Gasteiger partial charge in [0.2, 0.25) is 0 Å². The van der Waals surface area contributed by atoms with Gasteiger partial charge in [0.1, 0.15) is 11.5 Å². The van der Waals surface area contributed by atoms with E-state index in [1.54, 1.807) is 0 Å². The fourth-order valence-corrected chi connectivity index (χ4v) is 8.50. The molecule has 49 heavy (non-hydrogen) atoms. The number of para-hydroxylation sites is 2. The van der Waals surface area contributed by atoms with Crippen molar-refractivity contribution < 1.29 is 29.6 Å². The summed E-state index contributed by atoms with van der Waals surface area (Å²) in [4.78, 5) is 0. The van der Waals surface area contributed by atoms with Crippen molar-refractivity contribution in [1.29, 1.82) is 0 Å². The van der Waals surface area contributed by atoms with Gasteiger partial charge in [0.15, 0.2) is 0 Å². The molecule has 2 fully saturated rings. The fourth-order valence-electron chi connectivity index (χ4n) is 7.89. The third kappa shape index (κ3) is 8.73. The first-order chi connectivity index (χ1) is 23.0. The molecule has 2 N–H and O–H groups in total. The maximum absolute atomic E-state index is 11.8. The van der Waals surface area contributed by atoms with E-state index in [1.807, 2.05) is 24.3 Å². The van der Waals surface area contributed by atoms with E-state index in [-0.39, 0.29) is 16.2 Å². The van der Waals surface area contributed by atoms with Crippen LogP contribution in [0.3, 0.4) is 0 Å². The maximum atomic E-state index is 11.8. The van der Waals surface area contributed by atoms with Crippen LogP contribution >= 0.6 is 0 Å². The van der Waals surface area contributed by atoms with Crippen molar-refractivity contribution in [2.75, 3.05) is 0 Å². The predicted molar refractivity (Wildman–Crippen MR) is 206 cm³/mol. The second kappa shape index (κ2) is 14.8. The summed E-state index contributed by atoms with van der Waals surface area (Å²) in [5, 5.41) is 23.6. The van der Waals surface area contributed by atoms with Crippen LogP contribution in [0.25, 0.3) is 22.3 Å². The summed E-state index contributed by atoms with van der Waals surface area (Å²) in [6, 6.07) is 18.6. The molecule has 2 aliphatic carbocycles. The molecular weight excluding hydrogens is 680 g/mol. The molecule has 0 aliphatic heterocycles. The van der Waals surface area contributed by atoms with Gasteiger partial charge >= 0.3 is 122 Å². The van der Waals surface area contributed by atoms with Gasteiger partial charge in [-0.3, -0.25) is 0 Å². The van der Waals surface area contributed by atoms with Gasteiger partial charge in [-0.05, 0) is 33.1 Å². The molecule has 5 rings (SSSR count). The van der Waals surface area contributed by atoms with Crippen molar-refractivity contribution in [2.24, 2.45) is 29.1 Å². The molecule has 0 heterocycles. The van der Waals surface area contributed by atoms with Crippen molar-refractivity contribution in [3.05, 3.63) is 102 Å². The van der Waals surface area contributed by atoms with Crippen molar-refractivity contribution in [3.8, 4) is 33.8 Å². The Hall–Kier alpha value is -2.83. The molecule has 2 nitrogen and oxygen atoms in total. The molecule has 2 aliphatic rings. The van der Waals surface area contributed by atoms with E-state index in [0.29, 0.717) is 23.3 Å². The minimum atomic E-state index is -0.209. The molecule has 3 aromatic rings. The monoisotopic (exact) mass is 741 g/mol. The van der Waals surface area contributed by atoms with E-state index in [2.05, 4.69) is 141 Å².